The topological polar surface area (TPSA) is 99.1 Å². The largest absolute Gasteiger partial charge is 0.479 e. The highest BCUT2D eigenvalue weighted by atomic mass is 16.5. The molecule has 2 rings (SSSR count). The Morgan fingerprint density at radius 2 is 2.11 bits per heavy atom. The number of ether oxygens (including phenoxy) is 1. The molecule has 2 fully saturated rings. The molecule has 108 valence electrons. The first kappa shape index (κ1) is 14.1. The first-order chi connectivity index (χ1) is 8.85. The Balaban J connectivity index is 2.02. The lowest BCUT2D eigenvalue weighted by atomic mass is 9.95. The number of rotatable bonds is 2. The summed E-state index contributed by atoms with van der Waals surface area (Å²) in [6.45, 7) is 2.73. The van der Waals surface area contributed by atoms with E-state index in [4.69, 9.17) is 4.74 Å². The molecule has 2 aliphatic heterocycles. The number of carboxylic acid groups (broad SMARTS) is 1. The van der Waals surface area contributed by atoms with E-state index in [-0.39, 0.29) is 19.6 Å². The summed E-state index contributed by atoms with van der Waals surface area (Å²) in [5, 5.41) is 21.8. The Labute approximate surface area is 111 Å². The molecule has 0 spiro atoms. The van der Waals surface area contributed by atoms with Crippen LogP contribution in [0.2, 0.25) is 0 Å². The molecule has 0 aromatic carbocycles. The van der Waals surface area contributed by atoms with Gasteiger partial charge in [0.1, 0.15) is 0 Å². The lowest BCUT2D eigenvalue weighted by Crippen LogP contribution is -2.61. The van der Waals surface area contributed by atoms with Crippen LogP contribution in [0.15, 0.2) is 0 Å². The molecule has 19 heavy (non-hydrogen) atoms. The summed E-state index contributed by atoms with van der Waals surface area (Å²) in [5.74, 6) is -1.08. The monoisotopic (exact) mass is 272 g/mol. The SMILES string of the molecule is CC1(O)CCCN(C(=O)NC2(C(=O)O)CCOC2)C1. The maximum Gasteiger partial charge on any atom is 0.332 e. The molecule has 0 aromatic rings. The van der Waals surface area contributed by atoms with Crippen LogP contribution in [0.1, 0.15) is 26.2 Å². The van der Waals surface area contributed by atoms with Gasteiger partial charge in [-0.15, -0.1) is 0 Å². The highest BCUT2D eigenvalue weighted by Gasteiger charge is 2.45. The lowest BCUT2D eigenvalue weighted by Gasteiger charge is -2.38. The molecule has 2 amide bonds. The second kappa shape index (κ2) is 4.97. The Morgan fingerprint density at radius 1 is 1.37 bits per heavy atom. The summed E-state index contributed by atoms with van der Waals surface area (Å²) in [6.07, 6.45) is 1.61. The zero-order valence-electron chi connectivity index (χ0n) is 11.0. The number of carbonyl (C=O) groups is 2. The van der Waals surface area contributed by atoms with E-state index in [0.717, 1.165) is 0 Å². The first-order valence-corrected chi connectivity index (χ1v) is 6.45. The molecule has 2 saturated heterocycles. The molecule has 0 saturated carbocycles. The van der Waals surface area contributed by atoms with Crippen molar-refractivity contribution in [2.75, 3.05) is 26.3 Å². The van der Waals surface area contributed by atoms with Crippen molar-refractivity contribution in [2.45, 2.75) is 37.3 Å². The van der Waals surface area contributed by atoms with Crippen molar-refractivity contribution in [3.05, 3.63) is 0 Å². The highest BCUT2D eigenvalue weighted by Crippen LogP contribution is 2.23. The van der Waals surface area contributed by atoms with Gasteiger partial charge in [0.2, 0.25) is 0 Å². The third kappa shape index (κ3) is 2.98. The Bertz CT molecular complexity index is 376. The number of hydrogen-bond acceptors (Lipinski definition) is 4. The van der Waals surface area contributed by atoms with Gasteiger partial charge in [-0.3, -0.25) is 0 Å². The number of carbonyl (C=O) groups excluding carboxylic acids is 1. The van der Waals surface area contributed by atoms with Crippen LogP contribution in [0.25, 0.3) is 0 Å². The average molecular weight is 272 g/mol. The number of amides is 2. The molecular formula is C12H20N2O5. The minimum atomic E-state index is -1.33. The summed E-state index contributed by atoms with van der Waals surface area (Å²) < 4.78 is 5.09. The van der Waals surface area contributed by atoms with Crippen molar-refractivity contribution in [3.63, 3.8) is 0 Å². The highest BCUT2D eigenvalue weighted by molar-refractivity contribution is 5.86. The molecule has 0 radical (unpaired) electrons. The van der Waals surface area contributed by atoms with Crippen LogP contribution in [-0.4, -0.2) is 64.6 Å². The predicted octanol–water partition coefficient (Wildman–Crippen LogP) is -0.213. The van der Waals surface area contributed by atoms with Crippen LogP contribution in [0, 0.1) is 0 Å². The number of carboxylic acids is 1. The van der Waals surface area contributed by atoms with Crippen molar-refractivity contribution >= 4 is 12.0 Å². The van der Waals surface area contributed by atoms with E-state index < -0.39 is 23.1 Å². The summed E-state index contributed by atoms with van der Waals surface area (Å²) in [7, 11) is 0. The van der Waals surface area contributed by atoms with E-state index in [2.05, 4.69) is 5.32 Å². The zero-order valence-corrected chi connectivity index (χ0v) is 11.0. The summed E-state index contributed by atoms with van der Waals surface area (Å²) in [6, 6.07) is -0.451. The normalized spacial score (nSPS) is 35.2. The van der Waals surface area contributed by atoms with Crippen molar-refractivity contribution in [3.8, 4) is 0 Å². The zero-order chi connectivity index (χ0) is 14.1. The van der Waals surface area contributed by atoms with Gasteiger partial charge in [-0.05, 0) is 19.8 Å². The molecule has 0 bridgehead atoms. The van der Waals surface area contributed by atoms with Crippen molar-refractivity contribution in [1.82, 2.24) is 10.2 Å². The standard InChI is InChI=1S/C12H20N2O5/c1-11(18)3-2-5-14(7-11)10(17)13-12(9(15)16)4-6-19-8-12/h18H,2-8H2,1H3,(H,13,17)(H,15,16). The van der Waals surface area contributed by atoms with Crippen molar-refractivity contribution in [2.24, 2.45) is 0 Å². The fourth-order valence-electron chi connectivity index (χ4n) is 2.56. The van der Waals surface area contributed by atoms with Gasteiger partial charge in [-0.1, -0.05) is 0 Å². The number of β-amino-alcohol motifs (C(OH)–C–C–N with tert-alkyl or cyclic N) is 1. The number of aliphatic carboxylic acids is 1. The van der Waals surface area contributed by atoms with E-state index in [0.29, 0.717) is 26.0 Å². The van der Waals surface area contributed by atoms with Gasteiger partial charge in [-0.25, -0.2) is 9.59 Å². The number of piperidine rings is 1. The number of urea groups is 1. The molecule has 2 atom stereocenters. The second-order valence-electron chi connectivity index (χ2n) is 5.64. The van der Waals surface area contributed by atoms with Gasteiger partial charge < -0.3 is 25.2 Å². The van der Waals surface area contributed by atoms with Gasteiger partial charge in [0.25, 0.3) is 0 Å². The smallest absolute Gasteiger partial charge is 0.332 e. The maximum absolute atomic E-state index is 12.1. The Morgan fingerprint density at radius 3 is 2.63 bits per heavy atom. The van der Waals surface area contributed by atoms with Crippen molar-refractivity contribution in [1.29, 1.82) is 0 Å². The molecule has 2 heterocycles. The van der Waals surface area contributed by atoms with E-state index >= 15 is 0 Å². The van der Waals surface area contributed by atoms with Gasteiger partial charge in [0.05, 0.1) is 18.8 Å². The maximum atomic E-state index is 12.1. The summed E-state index contributed by atoms with van der Waals surface area (Å²) >= 11 is 0. The van der Waals surface area contributed by atoms with Gasteiger partial charge in [0.15, 0.2) is 5.54 Å². The molecule has 0 aliphatic carbocycles. The van der Waals surface area contributed by atoms with Gasteiger partial charge in [-0.2, -0.15) is 0 Å². The van der Waals surface area contributed by atoms with E-state index in [1.807, 2.05) is 0 Å². The molecular weight excluding hydrogens is 252 g/mol. The molecule has 7 nitrogen and oxygen atoms in total. The van der Waals surface area contributed by atoms with Crippen LogP contribution >= 0.6 is 0 Å². The third-order valence-corrected chi connectivity index (χ3v) is 3.74. The number of likely N-dealkylation sites (tertiary alicyclic amines) is 1. The minimum Gasteiger partial charge on any atom is -0.479 e. The van der Waals surface area contributed by atoms with Crippen LogP contribution in [0.5, 0.6) is 0 Å². The van der Waals surface area contributed by atoms with E-state index in [9.17, 15) is 19.8 Å². The van der Waals surface area contributed by atoms with E-state index in [1.165, 1.54) is 4.90 Å². The van der Waals surface area contributed by atoms with E-state index in [1.54, 1.807) is 6.92 Å². The summed E-state index contributed by atoms with van der Waals surface area (Å²) in [4.78, 5) is 24.9. The average Bonchev–Trinajstić information content (AvgIpc) is 2.77. The molecule has 2 aliphatic rings. The fourth-order valence-corrected chi connectivity index (χ4v) is 2.56. The van der Waals surface area contributed by atoms with Crippen LogP contribution in [-0.2, 0) is 9.53 Å². The molecule has 2 unspecified atom stereocenters. The summed E-state index contributed by atoms with van der Waals surface area (Å²) in [5.41, 5.74) is -2.24. The third-order valence-electron chi connectivity index (χ3n) is 3.74. The lowest BCUT2D eigenvalue weighted by molar-refractivity contribution is -0.144. The Kier molecular flexibility index (Phi) is 3.69. The van der Waals surface area contributed by atoms with Crippen LogP contribution in [0.4, 0.5) is 4.79 Å². The van der Waals surface area contributed by atoms with Crippen LogP contribution in [0.3, 0.4) is 0 Å². The fraction of sp³-hybridized carbons (Fsp3) is 0.833. The molecule has 7 heteroatoms. The quantitative estimate of drug-likeness (QED) is 0.646. The van der Waals surface area contributed by atoms with Crippen molar-refractivity contribution < 1.29 is 24.5 Å². The van der Waals surface area contributed by atoms with Gasteiger partial charge in [0, 0.05) is 19.6 Å². The van der Waals surface area contributed by atoms with Gasteiger partial charge >= 0.3 is 12.0 Å². The predicted molar refractivity (Wildman–Crippen MR) is 65.8 cm³/mol. The number of aliphatic hydroxyl groups is 1. The number of hydrogen-bond donors (Lipinski definition) is 3. The minimum absolute atomic E-state index is 0.0156. The Hall–Kier alpha value is -1.34. The first-order valence-electron chi connectivity index (χ1n) is 6.45. The number of nitrogens with one attached hydrogen (secondary N) is 1. The molecule has 3 N–H and O–H groups in total. The molecule has 0 aromatic heterocycles. The second-order valence-corrected chi connectivity index (χ2v) is 5.64. The number of nitrogens with zero attached hydrogens (tertiary/aromatic N) is 1. The van der Waals surface area contributed by atoms with Crippen LogP contribution < -0.4 is 5.32 Å².